The second-order valence-corrected chi connectivity index (χ2v) is 10.4. The summed E-state index contributed by atoms with van der Waals surface area (Å²) in [4.78, 5) is 38.2. The molecule has 1 aliphatic rings. The van der Waals surface area contributed by atoms with Gasteiger partial charge < -0.3 is 18.7 Å². The molecule has 0 spiro atoms. The number of H-pyrrole nitrogens is 1. The van der Waals surface area contributed by atoms with Crippen molar-refractivity contribution in [1.82, 2.24) is 14.6 Å². The van der Waals surface area contributed by atoms with Gasteiger partial charge in [-0.2, -0.15) is 5.09 Å². The third-order valence-electron chi connectivity index (χ3n) is 5.16. The molecule has 12 nitrogen and oxygen atoms in total. The van der Waals surface area contributed by atoms with Gasteiger partial charge >= 0.3 is 19.4 Å². The van der Waals surface area contributed by atoms with E-state index in [9.17, 15) is 18.9 Å². The Bertz CT molecular complexity index is 1220. The highest BCUT2D eigenvalue weighted by atomic mass is 35.5. The number of hydrogen-bond donors (Lipinski definition) is 2. The first kappa shape index (κ1) is 28.8. The molecule has 2 heterocycles. The molecule has 0 radical (unpaired) electrons. The van der Waals surface area contributed by atoms with Gasteiger partial charge in [0.05, 0.1) is 24.7 Å². The van der Waals surface area contributed by atoms with Crippen LogP contribution in [-0.4, -0.2) is 59.5 Å². The lowest BCUT2D eigenvalue weighted by Gasteiger charge is -2.25. The molecule has 6 atom stereocenters. The molecule has 202 valence electrons. The summed E-state index contributed by atoms with van der Waals surface area (Å²) < 4.78 is 42.2. The Balaban J connectivity index is 1.73. The zero-order chi connectivity index (χ0) is 27.0. The maximum atomic E-state index is 13.7. The molecule has 37 heavy (non-hydrogen) atoms. The van der Waals surface area contributed by atoms with Gasteiger partial charge in [0, 0.05) is 19.4 Å². The van der Waals surface area contributed by atoms with Crippen LogP contribution in [0.25, 0.3) is 0 Å². The molecule has 1 aromatic heterocycles. The SMILES string of the molecule is C=C[C@H](NP(=O)(OC[C@@H]1C[C@H](Cl)[C@H](n2ccc(=O)[nH]c2=O)O1)Oc1ccccc1)C(=O)OC(C)COC. The highest BCUT2D eigenvalue weighted by Gasteiger charge is 2.39. The Morgan fingerprint density at radius 3 is 2.73 bits per heavy atom. The predicted octanol–water partition coefficient (Wildman–Crippen LogP) is 2.36. The zero-order valence-electron chi connectivity index (χ0n) is 20.3. The number of aromatic nitrogens is 2. The smallest absolute Gasteiger partial charge is 0.459 e. The van der Waals surface area contributed by atoms with Crippen molar-refractivity contribution in [2.45, 2.75) is 43.2 Å². The minimum absolute atomic E-state index is 0.169. The van der Waals surface area contributed by atoms with E-state index in [-0.39, 0.29) is 25.4 Å². The van der Waals surface area contributed by atoms with Crippen molar-refractivity contribution >= 4 is 25.3 Å². The number of esters is 1. The molecule has 2 N–H and O–H groups in total. The Morgan fingerprint density at radius 1 is 1.35 bits per heavy atom. The average molecular weight is 558 g/mol. The molecule has 0 saturated carbocycles. The van der Waals surface area contributed by atoms with E-state index in [1.807, 2.05) is 0 Å². The van der Waals surface area contributed by atoms with Gasteiger partial charge in [-0.3, -0.25) is 18.9 Å². The van der Waals surface area contributed by atoms with Crippen LogP contribution in [-0.2, 0) is 28.1 Å². The van der Waals surface area contributed by atoms with Crippen LogP contribution in [0.2, 0.25) is 0 Å². The lowest BCUT2D eigenvalue weighted by molar-refractivity contribution is -0.151. The number of benzene rings is 1. The van der Waals surface area contributed by atoms with Crippen molar-refractivity contribution < 1.29 is 32.6 Å². The number of nitrogens with zero attached hydrogens (tertiary/aromatic N) is 1. The summed E-state index contributed by atoms with van der Waals surface area (Å²) in [5, 5.41) is 1.92. The van der Waals surface area contributed by atoms with Gasteiger partial charge in [-0.25, -0.2) is 14.2 Å². The van der Waals surface area contributed by atoms with Crippen molar-refractivity contribution in [3.05, 3.63) is 76.1 Å². The average Bonchev–Trinajstić information content (AvgIpc) is 3.22. The Hall–Kier alpha value is -2.73. The van der Waals surface area contributed by atoms with E-state index in [0.29, 0.717) is 0 Å². The van der Waals surface area contributed by atoms with Crippen molar-refractivity contribution in [1.29, 1.82) is 0 Å². The fourth-order valence-corrected chi connectivity index (χ4v) is 5.36. The minimum atomic E-state index is -4.20. The number of para-hydroxylation sites is 1. The summed E-state index contributed by atoms with van der Waals surface area (Å²) in [5.41, 5.74) is -1.23. The van der Waals surface area contributed by atoms with Crippen LogP contribution in [0.1, 0.15) is 19.6 Å². The van der Waals surface area contributed by atoms with E-state index < -0.39 is 54.8 Å². The second-order valence-electron chi connectivity index (χ2n) is 8.16. The molecule has 2 aromatic rings. The molecule has 14 heteroatoms. The number of rotatable bonds is 13. The molecule has 1 aromatic carbocycles. The summed E-state index contributed by atoms with van der Waals surface area (Å²) in [5.74, 6) is -0.530. The van der Waals surface area contributed by atoms with E-state index in [4.69, 9.17) is 34.9 Å². The number of hydrogen-bond acceptors (Lipinski definition) is 9. The molecule has 0 bridgehead atoms. The van der Waals surface area contributed by atoms with Crippen LogP contribution in [0, 0.1) is 0 Å². The van der Waals surface area contributed by atoms with E-state index >= 15 is 0 Å². The number of methoxy groups -OCH3 is 1. The van der Waals surface area contributed by atoms with Crippen LogP contribution in [0.15, 0.2) is 64.8 Å². The first-order valence-corrected chi connectivity index (χ1v) is 13.3. The fourth-order valence-electron chi connectivity index (χ4n) is 3.48. The van der Waals surface area contributed by atoms with E-state index in [1.165, 1.54) is 25.4 Å². The Labute approximate surface area is 218 Å². The van der Waals surface area contributed by atoms with Crippen molar-refractivity contribution in [2.24, 2.45) is 0 Å². The summed E-state index contributed by atoms with van der Waals surface area (Å²) >= 11 is 6.39. The summed E-state index contributed by atoms with van der Waals surface area (Å²) in [7, 11) is -2.73. The monoisotopic (exact) mass is 557 g/mol. The molecule has 2 unspecified atom stereocenters. The summed E-state index contributed by atoms with van der Waals surface area (Å²) in [6.07, 6.45) is 0.603. The number of aromatic amines is 1. The van der Waals surface area contributed by atoms with Gasteiger partial charge in [-0.1, -0.05) is 24.3 Å². The van der Waals surface area contributed by atoms with E-state index in [1.54, 1.807) is 37.3 Å². The lowest BCUT2D eigenvalue weighted by atomic mass is 10.2. The first-order chi connectivity index (χ1) is 17.6. The summed E-state index contributed by atoms with van der Waals surface area (Å²) in [6, 6.07) is 8.18. The predicted molar refractivity (Wildman–Crippen MR) is 135 cm³/mol. The van der Waals surface area contributed by atoms with Crippen molar-refractivity contribution in [2.75, 3.05) is 20.3 Å². The van der Waals surface area contributed by atoms with Crippen LogP contribution < -0.4 is 20.9 Å². The topological polar surface area (TPSA) is 147 Å². The van der Waals surface area contributed by atoms with Gasteiger partial charge in [-0.05, 0) is 25.5 Å². The Kier molecular flexibility index (Phi) is 10.3. The standard InChI is InChI=1S/C23H29ClN3O9P/c1-4-19(22(29)34-15(2)13-32-3)26-37(31,36-16-8-6-5-7-9-16)33-14-17-12-18(24)21(35-17)27-11-10-20(28)25-23(27)30/h4-11,15,17-19,21H,1,12-14H2,2-3H3,(H,26,31)(H,25,28,30)/t15?,17-,18-,19-,21+,37?/m0/s1. The quantitative estimate of drug-likeness (QED) is 0.163. The maximum absolute atomic E-state index is 13.7. The molecule has 1 aliphatic heterocycles. The number of nitrogens with one attached hydrogen (secondary N) is 2. The number of carbonyl (C=O) groups excluding carboxylic acids is 1. The van der Waals surface area contributed by atoms with Crippen LogP contribution in [0.5, 0.6) is 5.75 Å². The van der Waals surface area contributed by atoms with Crippen molar-refractivity contribution in [3.8, 4) is 5.75 Å². The number of carbonyl (C=O) groups is 1. The number of ether oxygens (including phenoxy) is 3. The van der Waals surface area contributed by atoms with Gasteiger partial charge in [0.1, 0.15) is 17.9 Å². The highest BCUT2D eigenvalue weighted by Crippen LogP contribution is 2.46. The largest absolute Gasteiger partial charge is 0.459 e. The third kappa shape index (κ3) is 8.13. The Morgan fingerprint density at radius 2 is 2.08 bits per heavy atom. The molecular formula is C23H29ClN3O9P. The van der Waals surface area contributed by atoms with Crippen LogP contribution in [0.4, 0.5) is 0 Å². The number of alkyl halides is 1. The first-order valence-electron chi connectivity index (χ1n) is 11.3. The number of halogens is 1. The molecule has 3 rings (SSSR count). The normalized spacial score (nSPS) is 22.5. The van der Waals surface area contributed by atoms with Crippen LogP contribution >= 0.6 is 19.3 Å². The molecule has 0 amide bonds. The summed E-state index contributed by atoms with van der Waals surface area (Å²) in [6.45, 7) is 5.16. The third-order valence-corrected chi connectivity index (χ3v) is 7.09. The fraction of sp³-hybridized carbons (Fsp3) is 0.435. The zero-order valence-corrected chi connectivity index (χ0v) is 21.9. The minimum Gasteiger partial charge on any atom is -0.459 e. The molecule has 1 fully saturated rings. The second kappa shape index (κ2) is 13.2. The van der Waals surface area contributed by atoms with Crippen molar-refractivity contribution in [3.63, 3.8) is 0 Å². The van der Waals surface area contributed by atoms with E-state index in [0.717, 1.165) is 4.57 Å². The molecular weight excluding hydrogens is 529 g/mol. The van der Waals surface area contributed by atoms with Crippen LogP contribution in [0.3, 0.4) is 0 Å². The molecule has 0 aliphatic carbocycles. The molecule has 1 saturated heterocycles. The lowest BCUT2D eigenvalue weighted by Crippen LogP contribution is -2.38. The maximum Gasteiger partial charge on any atom is 0.459 e. The van der Waals surface area contributed by atoms with Gasteiger partial charge in [0.25, 0.3) is 5.56 Å². The van der Waals surface area contributed by atoms with Gasteiger partial charge in [-0.15, -0.1) is 18.2 Å². The highest BCUT2D eigenvalue weighted by molar-refractivity contribution is 7.52. The van der Waals surface area contributed by atoms with E-state index in [2.05, 4.69) is 16.7 Å². The van der Waals surface area contributed by atoms with Gasteiger partial charge in [0.2, 0.25) is 0 Å². The van der Waals surface area contributed by atoms with Gasteiger partial charge in [0.15, 0.2) is 6.23 Å².